The van der Waals surface area contributed by atoms with Gasteiger partial charge < -0.3 is 13.3 Å². The lowest BCUT2D eigenvalue weighted by molar-refractivity contribution is 0.581. The molecule has 0 saturated heterocycles. The molecular formula is C86H77N9O3. The monoisotopic (exact) mass is 1280 g/mol. The van der Waals surface area contributed by atoms with E-state index in [1.54, 1.807) is 6.08 Å². The van der Waals surface area contributed by atoms with Gasteiger partial charge in [0.15, 0.2) is 11.6 Å². The standard InChI is InChI=1S/C32H29N3.C28H24N4O2.C26H24N2O/c1-5-23-11-13-24(14-12-23)25-15-17-26(18-16-25)30-33-34-31(35(30)29-9-7-6-8-10-29)27-19-21-28(22-20-27)32(2,3)4;1-5-18-6-8-19(9-7-18)24-29-30-25(33-24)20-10-12-21(13-11-20)26-31-32-27(34-26)22-14-16-23(17-15-22)28(2,3)4;1-5-18-6-8-19(9-7-18)20-10-12-21(13-11-20)24-27-28-25(29-24)22-14-16-23(17-15-22)26(2,3)4/h5-22H,1H2,2-4H3;5-17H,1H2,2-4H3;5-17H,1H2,2-4H3. The average molecular weight is 1280 g/mol. The number of benzene rings is 10. The molecule has 12 nitrogen and oxygen atoms in total. The fourth-order valence-electron chi connectivity index (χ4n) is 11.0. The molecule has 0 bridgehead atoms. The zero-order chi connectivity index (χ0) is 68.6. The van der Waals surface area contributed by atoms with Gasteiger partial charge in [-0.1, -0.05) is 264 Å². The van der Waals surface area contributed by atoms with E-state index in [2.05, 4.69) is 273 Å². The summed E-state index contributed by atoms with van der Waals surface area (Å²) in [6.07, 6.45) is 5.49. The summed E-state index contributed by atoms with van der Waals surface area (Å²) >= 11 is 0. The van der Waals surface area contributed by atoms with Crippen LogP contribution in [0.15, 0.2) is 282 Å². The number of hydrogen-bond donors (Lipinski definition) is 0. The van der Waals surface area contributed by atoms with E-state index >= 15 is 0 Å². The van der Waals surface area contributed by atoms with Gasteiger partial charge in [-0.25, -0.2) is 0 Å². The van der Waals surface area contributed by atoms with Gasteiger partial charge >= 0.3 is 0 Å². The van der Waals surface area contributed by atoms with E-state index in [1.165, 1.54) is 22.3 Å². The predicted octanol–water partition coefficient (Wildman–Crippen LogP) is 22.3. The third-order valence-electron chi connectivity index (χ3n) is 17.0. The molecule has 0 saturated carbocycles. The van der Waals surface area contributed by atoms with Gasteiger partial charge in [0.2, 0.25) is 35.3 Å². The Balaban J connectivity index is 0.000000141. The predicted molar refractivity (Wildman–Crippen MR) is 399 cm³/mol. The largest absolute Gasteiger partial charge is 0.416 e. The molecule has 0 aliphatic heterocycles. The molecule has 10 aromatic carbocycles. The molecule has 98 heavy (non-hydrogen) atoms. The minimum Gasteiger partial charge on any atom is -0.416 e. The Bertz CT molecular complexity index is 4990. The summed E-state index contributed by atoms with van der Waals surface area (Å²) in [6.45, 7) is 31.2. The van der Waals surface area contributed by atoms with Gasteiger partial charge in [0.1, 0.15) is 0 Å². The highest BCUT2D eigenvalue weighted by atomic mass is 16.4. The third kappa shape index (κ3) is 15.4. The summed E-state index contributed by atoms with van der Waals surface area (Å²) in [5, 5.41) is 34.5. The van der Waals surface area contributed by atoms with Crippen LogP contribution in [0.25, 0.3) is 138 Å². The lowest BCUT2D eigenvalue weighted by Crippen LogP contribution is -2.10. The van der Waals surface area contributed by atoms with Crippen molar-refractivity contribution in [2.24, 2.45) is 0 Å². The molecule has 12 heteroatoms. The highest BCUT2D eigenvalue weighted by molar-refractivity contribution is 5.73. The van der Waals surface area contributed by atoms with E-state index in [9.17, 15) is 0 Å². The van der Waals surface area contributed by atoms with Gasteiger partial charge in [-0.2, -0.15) is 0 Å². The maximum absolute atomic E-state index is 5.93. The van der Waals surface area contributed by atoms with Crippen LogP contribution in [0.5, 0.6) is 0 Å². The lowest BCUT2D eigenvalue weighted by Gasteiger charge is -2.19. The van der Waals surface area contributed by atoms with Crippen molar-refractivity contribution in [2.45, 2.75) is 78.6 Å². The summed E-state index contributed by atoms with van der Waals surface area (Å²) in [4.78, 5) is 0. The minimum absolute atomic E-state index is 0.0928. The second-order valence-electron chi connectivity index (χ2n) is 26.9. The van der Waals surface area contributed by atoms with Gasteiger partial charge in [0.05, 0.1) is 0 Å². The quantitative estimate of drug-likeness (QED) is 0.102. The molecule has 0 atom stereocenters. The van der Waals surface area contributed by atoms with E-state index in [1.807, 2.05) is 115 Å². The summed E-state index contributed by atoms with van der Waals surface area (Å²) < 4.78 is 19.9. The van der Waals surface area contributed by atoms with Crippen molar-refractivity contribution >= 4 is 18.2 Å². The van der Waals surface area contributed by atoms with E-state index in [0.29, 0.717) is 35.3 Å². The van der Waals surface area contributed by atoms with Crippen LogP contribution in [0.3, 0.4) is 0 Å². The number of nitrogens with zero attached hydrogens (tertiary/aromatic N) is 9. The second-order valence-corrected chi connectivity index (χ2v) is 26.9. The van der Waals surface area contributed by atoms with Gasteiger partial charge in [0.25, 0.3) is 0 Å². The lowest BCUT2D eigenvalue weighted by atomic mass is 9.86. The van der Waals surface area contributed by atoms with Crippen LogP contribution >= 0.6 is 0 Å². The van der Waals surface area contributed by atoms with Crippen molar-refractivity contribution in [3.63, 3.8) is 0 Å². The van der Waals surface area contributed by atoms with E-state index in [-0.39, 0.29) is 16.2 Å². The maximum atomic E-state index is 5.93. The number of para-hydroxylation sites is 1. The van der Waals surface area contributed by atoms with Gasteiger partial charge in [-0.05, 0) is 157 Å². The molecule has 14 aromatic rings. The first-order chi connectivity index (χ1) is 47.3. The molecule has 0 radical (unpaired) electrons. The molecule has 0 fully saturated rings. The SMILES string of the molecule is C=Cc1ccc(-c2ccc(-c3nnc(-c4ccc(C(C)(C)C)cc4)n3-c3ccccc3)cc2)cc1.C=Cc1ccc(-c2ccc(-c3nnc(-c4ccc(C(C)(C)C)cc4)o3)cc2)cc1.C=Cc1ccc(-c2nnc(-c3ccc(-c4nnc(-c5ccc(C(C)(C)C)cc5)o4)cc3)o2)cc1. The Labute approximate surface area is 573 Å². The van der Waals surface area contributed by atoms with Crippen molar-refractivity contribution in [3.8, 4) is 119 Å². The van der Waals surface area contributed by atoms with Crippen LogP contribution in [0, 0.1) is 0 Å². The third-order valence-corrected chi connectivity index (χ3v) is 17.0. The van der Waals surface area contributed by atoms with Crippen molar-refractivity contribution in [1.82, 2.24) is 45.4 Å². The molecule has 0 aliphatic rings. The summed E-state index contributed by atoms with van der Waals surface area (Å²) in [5.41, 5.74) is 20.3. The zero-order valence-electron chi connectivity index (χ0n) is 56.8. The smallest absolute Gasteiger partial charge is 0.248 e. The van der Waals surface area contributed by atoms with Crippen LogP contribution in [0.1, 0.15) is 95.7 Å². The van der Waals surface area contributed by atoms with Crippen molar-refractivity contribution < 1.29 is 13.3 Å². The fourth-order valence-corrected chi connectivity index (χ4v) is 11.0. The van der Waals surface area contributed by atoms with Crippen LogP contribution in [-0.4, -0.2) is 45.4 Å². The minimum atomic E-state index is 0.0928. The molecule has 4 heterocycles. The highest BCUT2D eigenvalue weighted by Gasteiger charge is 2.22. The first-order valence-electron chi connectivity index (χ1n) is 32.6. The van der Waals surface area contributed by atoms with E-state index in [0.717, 1.165) is 95.2 Å². The fraction of sp³-hybridized carbons (Fsp3) is 0.140. The number of hydrogen-bond acceptors (Lipinski definition) is 11. The van der Waals surface area contributed by atoms with Gasteiger partial charge in [-0.3, -0.25) is 4.57 Å². The van der Waals surface area contributed by atoms with Crippen LogP contribution < -0.4 is 0 Å². The van der Waals surface area contributed by atoms with E-state index < -0.39 is 0 Å². The Morgan fingerprint density at radius 2 is 0.449 bits per heavy atom. The number of rotatable bonds is 14. The van der Waals surface area contributed by atoms with E-state index in [4.69, 9.17) is 13.3 Å². The van der Waals surface area contributed by atoms with Crippen molar-refractivity contribution in [2.75, 3.05) is 0 Å². The molecule has 484 valence electrons. The first kappa shape index (κ1) is 66.0. The molecule has 0 amide bonds. The maximum Gasteiger partial charge on any atom is 0.248 e. The van der Waals surface area contributed by atoms with Crippen LogP contribution in [0.2, 0.25) is 0 Å². The zero-order valence-corrected chi connectivity index (χ0v) is 56.8. The van der Waals surface area contributed by atoms with Crippen molar-refractivity contribution in [1.29, 1.82) is 0 Å². The average Bonchev–Trinajstić information content (AvgIpc) is 1.56. The molecule has 14 rings (SSSR count). The van der Waals surface area contributed by atoms with Gasteiger partial charge in [0, 0.05) is 50.2 Å². The van der Waals surface area contributed by atoms with Gasteiger partial charge in [-0.15, -0.1) is 40.8 Å². The first-order valence-corrected chi connectivity index (χ1v) is 32.6. The molecular weight excluding hydrogens is 1210 g/mol. The van der Waals surface area contributed by atoms with Crippen molar-refractivity contribution in [3.05, 3.63) is 302 Å². The highest BCUT2D eigenvalue weighted by Crippen LogP contribution is 2.35. The summed E-state index contributed by atoms with van der Waals surface area (Å²) in [5.74, 6) is 4.56. The number of aromatic nitrogens is 9. The van der Waals surface area contributed by atoms with Crippen LogP contribution in [0.4, 0.5) is 0 Å². The molecule has 0 aliphatic carbocycles. The topological polar surface area (TPSA) is 147 Å². The van der Waals surface area contributed by atoms with Crippen LogP contribution in [-0.2, 0) is 16.2 Å². The summed E-state index contributed by atoms with van der Waals surface area (Å²) in [6, 6.07) is 84.3. The molecule has 0 N–H and O–H groups in total. The summed E-state index contributed by atoms with van der Waals surface area (Å²) in [7, 11) is 0. The Hall–Kier alpha value is -12.0. The second kappa shape index (κ2) is 28.5. The molecule has 0 unspecified atom stereocenters. The Morgan fingerprint density at radius 3 is 0.694 bits per heavy atom. The Morgan fingerprint density at radius 1 is 0.245 bits per heavy atom. The molecule has 0 spiro atoms. The molecule has 4 aromatic heterocycles. The normalized spacial score (nSPS) is 11.4. The Kier molecular flexibility index (Phi) is 19.2.